The van der Waals surface area contributed by atoms with E-state index in [1.807, 2.05) is 0 Å². The van der Waals surface area contributed by atoms with Crippen LogP contribution in [0.1, 0.15) is 66.9 Å². The molecular weight excluding hydrogens is 1270 g/mol. The van der Waals surface area contributed by atoms with Crippen LogP contribution in [0.5, 0.6) is 0 Å². The van der Waals surface area contributed by atoms with Crippen LogP contribution in [0, 0.1) is 48.8 Å². The molecule has 6 heterocycles. The fourth-order valence-electron chi connectivity index (χ4n) is 10.3. The minimum Gasteiger partial charge on any atom is -0.394 e. The van der Waals surface area contributed by atoms with Crippen molar-refractivity contribution in [1.29, 1.82) is 0 Å². The Morgan fingerprint density at radius 2 is 0.966 bits per heavy atom. The highest BCUT2D eigenvalue weighted by Crippen LogP contribution is 2.43. The lowest BCUT2D eigenvalue weighted by Gasteiger charge is -2.43. The lowest BCUT2D eigenvalue weighted by molar-refractivity contribution is -0.223. The highest BCUT2D eigenvalue weighted by molar-refractivity contribution is 6.35. The van der Waals surface area contributed by atoms with E-state index in [0.29, 0.717) is 43.5 Å². The fraction of sp³-hybridized carbons (Fsp3) is 0.382. The van der Waals surface area contributed by atoms with Gasteiger partial charge >= 0.3 is 0 Å². The molecule has 10 rings (SSSR count). The molecule has 24 nitrogen and oxygen atoms in total. The molecule has 0 unspecified atom stereocenters. The molecule has 89 heavy (non-hydrogen) atoms. The van der Waals surface area contributed by atoms with Crippen LogP contribution >= 0.6 is 46.4 Å². The van der Waals surface area contributed by atoms with Gasteiger partial charge in [-0.05, 0) is 93.8 Å². The Kier molecular flexibility index (Phi) is 20.3. The van der Waals surface area contributed by atoms with E-state index in [2.05, 4.69) is 51.4 Å². The minimum absolute atomic E-state index is 0.0286. The summed E-state index contributed by atoms with van der Waals surface area (Å²) in [5, 5.41) is 76.2. The van der Waals surface area contributed by atoms with Gasteiger partial charge in [0, 0.05) is 34.3 Å². The van der Waals surface area contributed by atoms with Crippen LogP contribution in [0.4, 0.5) is 26.3 Å². The van der Waals surface area contributed by atoms with Crippen molar-refractivity contribution >= 4 is 58.2 Å². The summed E-state index contributed by atoms with van der Waals surface area (Å²) in [5.41, 5.74) is -0.205. The van der Waals surface area contributed by atoms with Gasteiger partial charge in [0.15, 0.2) is 46.6 Å². The molecule has 0 bridgehead atoms. The largest absolute Gasteiger partial charge is 0.394 e. The third kappa shape index (κ3) is 14.1. The maximum atomic E-state index is 14.4. The number of benzene rings is 4. The highest BCUT2D eigenvalue weighted by atomic mass is 35.5. The maximum Gasteiger partial charge on any atom is 0.246 e. The highest BCUT2D eigenvalue weighted by Gasteiger charge is 2.52. The Bertz CT molecular complexity index is 3600. The van der Waals surface area contributed by atoms with Crippen LogP contribution < -0.4 is 10.6 Å². The number of aliphatic hydroxyl groups is 4. The summed E-state index contributed by atoms with van der Waals surface area (Å²) < 4.78 is 115. The molecule has 2 amide bonds. The van der Waals surface area contributed by atoms with Crippen LogP contribution in [0.2, 0.25) is 20.1 Å². The van der Waals surface area contributed by atoms with Crippen molar-refractivity contribution in [3.63, 3.8) is 0 Å². The van der Waals surface area contributed by atoms with Crippen LogP contribution in [-0.2, 0) is 28.5 Å². The van der Waals surface area contributed by atoms with Crippen LogP contribution in [0.3, 0.4) is 0 Å². The normalized spacial score (nSPS) is 22.0. The monoisotopic (exact) mass is 1320 g/mol. The Hall–Kier alpha value is -7.20. The van der Waals surface area contributed by atoms with Gasteiger partial charge in [-0.15, -0.1) is 10.2 Å². The third-order valence-corrected chi connectivity index (χ3v) is 15.6. The number of nitrogens with zero attached hydrogens (tertiary/aromatic N) is 12. The van der Waals surface area contributed by atoms with Crippen LogP contribution in [0.25, 0.3) is 33.9 Å². The molecule has 2 aliphatic rings. The molecule has 2 fully saturated rings. The van der Waals surface area contributed by atoms with E-state index in [4.69, 9.17) is 65.4 Å². The number of nitrogens with one attached hydrogen (secondary N) is 2. The molecule has 4 aromatic carbocycles. The molecule has 4 aromatic heterocycles. The van der Waals surface area contributed by atoms with E-state index in [9.17, 15) is 56.4 Å². The zero-order chi connectivity index (χ0) is 63.5. The van der Waals surface area contributed by atoms with Gasteiger partial charge in [-0.25, -0.2) is 55.0 Å². The number of ether oxygens (including phenoxy) is 4. The molecule has 0 radical (unpaired) electrons. The van der Waals surface area contributed by atoms with Gasteiger partial charge < -0.3 is 50.0 Å². The van der Waals surface area contributed by atoms with E-state index in [-0.39, 0.29) is 90.4 Å². The van der Waals surface area contributed by atoms with Crippen molar-refractivity contribution in [1.82, 2.24) is 70.2 Å². The van der Waals surface area contributed by atoms with Crippen molar-refractivity contribution in [2.45, 2.75) is 94.0 Å². The predicted molar refractivity (Wildman–Crippen MR) is 302 cm³/mol. The van der Waals surface area contributed by atoms with Crippen molar-refractivity contribution in [2.24, 2.45) is 0 Å². The summed E-state index contributed by atoms with van der Waals surface area (Å²) in [5.74, 6) is -10.2. The summed E-state index contributed by atoms with van der Waals surface area (Å²) in [6.07, 6.45) is -7.97. The molecule has 0 saturated carbocycles. The first-order valence-electron chi connectivity index (χ1n) is 27.2. The summed E-state index contributed by atoms with van der Waals surface area (Å²) in [6, 6.07) is 9.19. The van der Waals surface area contributed by atoms with Crippen molar-refractivity contribution < 1.29 is 75.3 Å². The smallest absolute Gasteiger partial charge is 0.246 e. The first kappa shape index (κ1) is 64.8. The Labute approximate surface area is 520 Å². The second-order valence-corrected chi connectivity index (χ2v) is 22.2. The van der Waals surface area contributed by atoms with E-state index in [0.717, 1.165) is 9.36 Å². The van der Waals surface area contributed by atoms with Crippen molar-refractivity contribution in [3.05, 3.63) is 151 Å². The van der Waals surface area contributed by atoms with Gasteiger partial charge in [0.05, 0.1) is 47.0 Å². The number of aliphatic hydroxyl groups excluding tert-OH is 4. The quantitative estimate of drug-likeness (QED) is 0.0244. The number of hydrogen-bond acceptors (Lipinski definition) is 18. The third-order valence-electron chi connectivity index (χ3n) is 14.5. The molecular formula is C55H52Cl4F6N14O10. The second-order valence-electron chi connectivity index (χ2n) is 20.6. The van der Waals surface area contributed by atoms with Gasteiger partial charge in [0.1, 0.15) is 97.2 Å². The molecule has 2 saturated heterocycles. The second kappa shape index (κ2) is 27.9. The SMILES string of the molecule is Cc1nc([C@H]2O[C@@H](CO)[C@@H](O)[C@@H](n3cc(-c4cc(F)c(F)c(F)c4)nn3)[C@@H]2OCC(=O)NCCCCCNC(=O)CO[C@@H]2[C@@H](n3cc(-c4cc(F)c(F)c(F)c4)nn3)[C@@H](O)[C@@H](CO)O[C@H]2c2nc(C)nn2-c2cc(Cl)ccc2Cl)n(-c2cc(Cl)ccc2Cl)n1. The van der Waals surface area contributed by atoms with Crippen LogP contribution in [0.15, 0.2) is 73.1 Å². The summed E-state index contributed by atoms with van der Waals surface area (Å²) >= 11 is 25.9. The average Bonchev–Trinajstić information content (AvgIpc) is 1.77. The number of halogens is 10. The van der Waals surface area contributed by atoms with Crippen molar-refractivity contribution in [3.8, 4) is 33.9 Å². The molecule has 8 aromatic rings. The first-order chi connectivity index (χ1) is 42.6. The summed E-state index contributed by atoms with van der Waals surface area (Å²) in [6.45, 7) is 0.516. The molecule has 2 aliphatic heterocycles. The number of amides is 2. The van der Waals surface area contributed by atoms with Gasteiger partial charge in [-0.2, -0.15) is 10.2 Å². The minimum atomic E-state index is -1.71. The molecule has 6 N–H and O–H groups in total. The number of carbonyl (C=O) groups excluding carboxylic acids is 2. The fourth-order valence-corrected chi connectivity index (χ4v) is 11.0. The predicted octanol–water partition coefficient (Wildman–Crippen LogP) is 6.37. The number of carbonyl (C=O) groups is 2. The standard InChI is InChI=1S/C55H52Cl4F6N14O10/c1-24-68-54(78(72-24)38-16-28(56)6-8-30(38)58)52-50(46(48(84)40(20-80)88-52)76-18-36(70-74-76)26-12-32(60)44(64)33(61)13-26)86-22-42(82)66-10-4-3-5-11-67-43(83)23-87-51-47(77-19-37(71-75-77)27-14-34(62)45(65)35(63)15-27)49(85)41(21-81)89-53(51)55-69-25(2)73-79(55)39-17-29(57)7-9-31(39)59/h6-9,12-19,40-41,46-53,80-81,84-85H,3-5,10-11,20-23H2,1-2H3,(H,66,82)(H,67,83)/t40-,41+,46+,47-,48+,49-,50-,51+,52-,53+. The zero-order valence-corrected chi connectivity index (χ0v) is 49.5. The lowest BCUT2D eigenvalue weighted by Crippen LogP contribution is -2.54. The van der Waals surface area contributed by atoms with E-state index >= 15 is 0 Å². The maximum absolute atomic E-state index is 14.4. The van der Waals surface area contributed by atoms with E-state index in [1.54, 1.807) is 26.0 Å². The lowest BCUT2D eigenvalue weighted by atomic mass is 9.91. The number of aromatic nitrogens is 12. The molecule has 0 spiro atoms. The average molecular weight is 1320 g/mol. The Morgan fingerprint density at radius 1 is 0.584 bits per heavy atom. The number of hydrogen-bond donors (Lipinski definition) is 6. The Balaban J connectivity index is 0.803. The van der Waals surface area contributed by atoms with Gasteiger partial charge in [-0.3, -0.25) is 9.59 Å². The van der Waals surface area contributed by atoms with Crippen LogP contribution in [-0.4, -0.2) is 168 Å². The molecule has 0 aliphatic carbocycles. The first-order valence-corrected chi connectivity index (χ1v) is 28.7. The molecule has 10 atom stereocenters. The molecule has 34 heteroatoms. The van der Waals surface area contributed by atoms with Gasteiger partial charge in [0.25, 0.3) is 0 Å². The number of rotatable bonds is 22. The van der Waals surface area contributed by atoms with E-state index in [1.165, 1.54) is 46.0 Å². The summed E-state index contributed by atoms with van der Waals surface area (Å²) in [7, 11) is 0. The number of unbranched alkanes of at least 4 members (excludes halogenated alkanes) is 2. The number of aryl methyl sites for hydroxylation is 2. The van der Waals surface area contributed by atoms with Crippen molar-refractivity contribution in [2.75, 3.05) is 39.5 Å². The van der Waals surface area contributed by atoms with E-state index < -0.39 is 134 Å². The Morgan fingerprint density at radius 3 is 1.34 bits per heavy atom. The van der Waals surface area contributed by atoms with Gasteiger partial charge in [-0.1, -0.05) is 56.8 Å². The summed E-state index contributed by atoms with van der Waals surface area (Å²) in [4.78, 5) is 36.3. The topological polar surface area (TPSA) is 299 Å². The van der Waals surface area contributed by atoms with Gasteiger partial charge in [0.2, 0.25) is 11.8 Å². The zero-order valence-electron chi connectivity index (χ0n) is 46.5. The molecule has 472 valence electrons.